The van der Waals surface area contributed by atoms with E-state index in [1.807, 2.05) is 0 Å². The number of hydrogen-bond acceptors (Lipinski definition) is 9. The van der Waals surface area contributed by atoms with Gasteiger partial charge in [0.2, 0.25) is 5.13 Å². The number of amides is 2. The number of carbonyl (C=O) groups is 2. The largest absolute Gasteiger partial charge is 0.573 e. The second kappa shape index (κ2) is 10.8. The van der Waals surface area contributed by atoms with E-state index in [1.54, 1.807) is 6.92 Å². The average molecular weight is 540 g/mol. The molecule has 1 aliphatic heterocycles. The number of aromatic nitrogens is 3. The Morgan fingerprint density at radius 3 is 2.65 bits per heavy atom. The Morgan fingerprint density at radius 2 is 2.00 bits per heavy atom. The summed E-state index contributed by atoms with van der Waals surface area (Å²) < 4.78 is 46.8. The minimum absolute atomic E-state index is 0.0238. The van der Waals surface area contributed by atoms with E-state index in [9.17, 15) is 22.8 Å². The number of halogens is 3. The van der Waals surface area contributed by atoms with Gasteiger partial charge in [0.15, 0.2) is 0 Å². The molecular formula is C23H24F3N5O5S. The van der Waals surface area contributed by atoms with Gasteiger partial charge in [-0.1, -0.05) is 23.5 Å². The smallest absolute Gasteiger partial charge is 0.466 e. The molecule has 10 nitrogen and oxygen atoms in total. The van der Waals surface area contributed by atoms with Gasteiger partial charge in [-0.05, 0) is 43.9 Å². The normalized spacial score (nSPS) is 18.0. The summed E-state index contributed by atoms with van der Waals surface area (Å²) in [4.78, 5) is 46.5. The lowest BCUT2D eigenvalue weighted by Crippen LogP contribution is -2.54. The molecule has 1 fully saturated rings. The summed E-state index contributed by atoms with van der Waals surface area (Å²) in [5.74, 6) is -0.847. The van der Waals surface area contributed by atoms with Crippen molar-refractivity contribution in [1.29, 1.82) is 0 Å². The first kappa shape index (κ1) is 26.5. The van der Waals surface area contributed by atoms with Gasteiger partial charge in [0, 0.05) is 13.1 Å². The van der Waals surface area contributed by atoms with E-state index in [2.05, 4.69) is 19.7 Å². The first-order chi connectivity index (χ1) is 17.6. The molecule has 1 aromatic carbocycles. The molecule has 1 atom stereocenters. The number of piperidine rings is 1. The number of alkyl halides is 3. The average Bonchev–Trinajstić information content (AvgIpc) is 3.29. The van der Waals surface area contributed by atoms with Gasteiger partial charge in [0.1, 0.15) is 22.4 Å². The molecule has 1 saturated heterocycles. The summed E-state index contributed by atoms with van der Waals surface area (Å²) in [7, 11) is 1.34. The number of nitrogens with zero attached hydrogens (tertiary/aromatic N) is 5. The Morgan fingerprint density at radius 1 is 1.24 bits per heavy atom. The number of esters is 1. The van der Waals surface area contributed by atoms with Crippen LogP contribution in [-0.4, -0.2) is 65.0 Å². The fraction of sp³-hybridized carbons (Fsp3) is 0.435. The van der Waals surface area contributed by atoms with Crippen LogP contribution in [0.15, 0.2) is 36.8 Å². The SMILES string of the molecule is CCOC(=O)C1(Cc2ccc(OC(F)(F)F)cc2)CCCN(C(=O)N(OC)c2nc3cncnc3s2)C1. The van der Waals surface area contributed by atoms with Crippen LogP contribution in [0.2, 0.25) is 0 Å². The molecular weight excluding hydrogens is 515 g/mol. The summed E-state index contributed by atoms with van der Waals surface area (Å²) >= 11 is 1.15. The number of anilines is 1. The fourth-order valence-corrected chi connectivity index (χ4v) is 5.15. The van der Waals surface area contributed by atoms with Crippen molar-refractivity contribution in [2.45, 2.75) is 32.5 Å². The summed E-state index contributed by atoms with van der Waals surface area (Å²) in [5, 5.41) is 1.30. The number of thiazole rings is 1. The molecule has 0 bridgehead atoms. The van der Waals surface area contributed by atoms with Crippen molar-refractivity contribution in [1.82, 2.24) is 19.9 Å². The molecule has 1 unspecified atom stereocenters. The van der Waals surface area contributed by atoms with Gasteiger partial charge in [-0.25, -0.2) is 19.7 Å². The van der Waals surface area contributed by atoms with Crippen molar-refractivity contribution in [2.24, 2.45) is 5.41 Å². The molecule has 37 heavy (non-hydrogen) atoms. The standard InChI is InChI=1S/C23H24F3N5O5S/c1-3-35-19(32)22(11-15-5-7-16(8-6-15)36-23(24,25)26)9-4-10-30(13-22)21(33)31(34-2)20-29-17-12-27-14-28-18(17)37-20/h5-8,12,14H,3-4,9-11,13H2,1-2H3. The van der Waals surface area contributed by atoms with Crippen LogP contribution in [0.1, 0.15) is 25.3 Å². The van der Waals surface area contributed by atoms with Gasteiger partial charge in [0.05, 0.1) is 25.3 Å². The molecule has 2 amide bonds. The monoisotopic (exact) mass is 539 g/mol. The van der Waals surface area contributed by atoms with Crippen molar-refractivity contribution >= 4 is 38.8 Å². The molecule has 0 N–H and O–H groups in total. The van der Waals surface area contributed by atoms with Crippen molar-refractivity contribution in [3.63, 3.8) is 0 Å². The molecule has 0 spiro atoms. The molecule has 3 aromatic rings. The molecule has 0 aliphatic carbocycles. The lowest BCUT2D eigenvalue weighted by atomic mass is 9.75. The third kappa shape index (κ3) is 6.07. The van der Waals surface area contributed by atoms with E-state index in [1.165, 1.54) is 48.8 Å². The molecule has 14 heteroatoms. The fourth-order valence-electron chi connectivity index (χ4n) is 4.29. The van der Waals surface area contributed by atoms with Crippen molar-refractivity contribution in [3.05, 3.63) is 42.4 Å². The zero-order valence-electron chi connectivity index (χ0n) is 20.0. The van der Waals surface area contributed by atoms with Crippen LogP contribution in [0.25, 0.3) is 10.3 Å². The number of benzene rings is 1. The number of hydrogen-bond donors (Lipinski definition) is 0. The van der Waals surface area contributed by atoms with Crippen LogP contribution in [0.4, 0.5) is 23.1 Å². The van der Waals surface area contributed by atoms with Crippen LogP contribution >= 0.6 is 11.3 Å². The van der Waals surface area contributed by atoms with Gasteiger partial charge < -0.3 is 14.4 Å². The first-order valence-corrected chi connectivity index (χ1v) is 12.2. The lowest BCUT2D eigenvalue weighted by molar-refractivity contribution is -0.274. The number of likely N-dealkylation sites (tertiary alicyclic amines) is 1. The maximum atomic E-state index is 13.5. The predicted molar refractivity (Wildman–Crippen MR) is 127 cm³/mol. The van der Waals surface area contributed by atoms with Crippen molar-refractivity contribution < 1.29 is 37.1 Å². The zero-order valence-corrected chi connectivity index (χ0v) is 20.8. The zero-order chi connectivity index (χ0) is 26.6. The third-order valence-corrected chi connectivity index (χ3v) is 6.79. The maximum Gasteiger partial charge on any atom is 0.573 e. The maximum absolute atomic E-state index is 13.5. The quantitative estimate of drug-likeness (QED) is 0.322. The van der Waals surface area contributed by atoms with E-state index in [4.69, 9.17) is 9.57 Å². The highest BCUT2D eigenvalue weighted by molar-refractivity contribution is 7.21. The number of hydroxylamine groups is 1. The Kier molecular flexibility index (Phi) is 7.78. The van der Waals surface area contributed by atoms with Gasteiger partial charge in [-0.2, -0.15) is 0 Å². The molecule has 198 valence electrons. The molecule has 1 aliphatic rings. The second-order valence-corrected chi connectivity index (χ2v) is 9.32. The second-order valence-electron chi connectivity index (χ2n) is 8.36. The topological polar surface area (TPSA) is 107 Å². The lowest BCUT2D eigenvalue weighted by Gasteiger charge is -2.41. The van der Waals surface area contributed by atoms with E-state index < -0.39 is 23.8 Å². The van der Waals surface area contributed by atoms with Gasteiger partial charge in [0.25, 0.3) is 0 Å². The summed E-state index contributed by atoms with van der Waals surface area (Å²) in [6.07, 6.45) is -0.808. The number of urea groups is 1. The van der Waals surface area contributed by atoms with Crippen LogP contribution in [-0.2, 0) is 20.8 Å². The molecule has 0 saturated carbocycles. The molecule has 4 rings (SSSR count). The molecule has 3 heterocycles. The van der Waals surface area contributed by atoms with Gasteiger partial charge in [-0.3, -0.25) is 9.63 Å². The van der Waals surface area contributed by atoms with E-state index in [0.717, 1.165) is 16.4 Å². The van der Waals surface area contributed by atoms with E-state index >= 15 is 0 Å². The number of rotatable bonds is 7. The highest BCUT2D eigenvalue weighted by Crippen LogP contribution is 2.37. The number of fused-ring (bicyclic) bond motifs is 1. The van der Waals surface area contributed by atoms with Gasteiger partial charge >= 0.3 is 18.4 Å². The Bertz CT molecular complexity index is 1220. The van der Waals surface area contributed by atoms with Gasteiger partial charge in [-0.15, -0.1) is 18.2 Å². The van der Waals surface area contributed by atoms with E-state index in [-0.39, 0.29) is 30.5 Å². The van der Waals surface area contributed by atoms with Crippen molar-refractivity contribution in [3.8, 4) is 5.75 Å². The van der Waals surface area contributed by atoms with Crippen LogP contribution in [0.3, 0.4) is 0 Å². The number of carbonyl (C=O) groups excluding carboxylic acids is 2. The number of ether oxygens (including phenoxy) is 2. The van der Waals surface area contributed by atoms with Crippen molar-refractivity contribution in [2.75, 3.05) is 31.9 Å². The third-order valence-electron chi connectivity index (χ3n) is 5.85. The summed E-state index contributed by atoms with van der Waals surface area (Å²) in [6.45, 7) is 2.21. The molecule has 2 aromatic heterocycles. The first-order valence-electron chi connectivity index (χ1n) is 11.4. The molecule has 0 radical (unpaired) electrons. The highest BCUT2D eigenvalue weighted by atomic mass is 32.1. The Balaban J connectivity index is 1.57. The minimum Gasteiger partial charge on any atom is -0.466 e. The van der Waals surface area contributed by atoms with Crippen LogP contribution in [0.5, 0.6) is 5.75 Å². The minimum atomic E-state index is -4.80. The highest BCUT2D eigenvalue weighted by Gasteiger charge is 2.46. The Labute approximate surface area is 213 Å². The predicted octanol–water partition coefficient (Wildman–Crippen LogP) is 4.36. The Hall–Kier alpha value is -3.52. The summed E-state index contributed by atoms with van der Waals surface area (Å²) in [6, 6.07) is 4.79. The van der Waals surface area contributed by atoms with E-state index in [0.29, 0.717) is 35.3 Å². The van der Waals surface area contributed by atoms with Crippen LogP contribution in [0, 0.1) is 5.41 Å². The summed E-state index contributed by atoms with van der Waals surface area (Å²) in [5.41, 5.74) is 0.00876. The van der Waals surface area contributed by atoms with Crippen LogP contribution < -0.4 is 9.80 Å².